The van der Waals surface area contributed by atoms with Crippen LogP contribution in [0.5, 0.6) is 0 Å². The van der Waals surface area contributed by atoms with Gasteiger partial charge in [-0.15, -0.1) is 0 Å². The lowest BCUT2D eigenvalue weighted by Gasteiger charge is -2.31. The molecule has 0 saturated carbocycles. The van der Waals surface area contributed by atoms with Crippen LogP contribution >= 0.6 is 0 Å². The minimum Gasteiger partial charge on any atom is -0.446 e. The molecule has 1 saturated heterocycles. The van der Waals surface area contributed by atoms with Crippen molar-refractivity contribution in [3.63, 3.8) is 0 Å². The van der Waals surface area contributed by atoms with Crippen LogP contribution in [0.15, 0.2) is 78.9 Å². The first-order valence-electron chi connectivity index (χ1n) is 12.5. The summed E-state index contributed by atoms with van der Waals surface area (Å²) in [4.78, 5) is 38.3. The van der Waals surface area contributed by atoms with Crippen LogP contribution in [0, 0.1) is 0 Å². The van der Waals surface area contributed by atoms with Gasteiger partial charge in [0.15, 0.2) is 5.78 Å². The predicted octanol–water partition coefficient (Wildman–Crippen LogP) is 3.94. The third kappa shape index (κ3) is 7.49. The number of amides is 2. The monoisotopic (exact) mass is 500 g/mol. The number of benzene rings is 3. The fourth-order valence-corrected chi connectivity index (χ4v) is 4.36. The standard InChI is InChI=1S/C29H32N4O4/c30-28(35)23-12-10-22(11-13-23)27(34)20-31-16-19-33-17-14-24(15-18-33)37-29(36)32-26-9-5-4-8-25(26)21-6-2-1-3-7-21/h1-13,24,31H,14-20H2,(H2,30,35)(H,32,36). The van der Waals surface area contributed by atoms with Crippen molar-refractivity contribution in [2.24, 2.45) is 5.73 Å². The molecule has 0 radical (unpaired) electrons. The van der Waals surface area contributed by atoms with Crippen LogP contribution in [0.4, 0.5) is 10.5 Å². The van der Waals surface area contributed by atoms with Gasteiger partial charge in [0, 0.05) is 42.9 Å². The van der Waals surface area contributed by atoms with Crippen LogP contribution < -0.4 is 16.4 Å². The molecule has 3 aromatic rings. The molecule has 0 aromatic heterocycles. The van der Waals surface area contributed by atoms with E-state index in [0.29, 0.717) is 17.7 Å². The van der Waals surface area contributed by atoms with Gasteiger partial charge >= 0.3 is 6.09 Å². The van der Waals surface area contributed by atoms with Crippen LogP contribution in [0.25, 0.3) is 11.1 Å². The second kappa shape index (κ2) is 12.8. The van der Waals surface area contributed by atoms with Gasteiger partial charge in [-0.3, -0.25) is 14.9 Å². The second-order valence-corrected chi connectivity index (χ2v) is 9.02. The van der Waals surface area contributed by atoms with Gasteiger partial charge in [0.1, 0.15) is 6.10 Å². The Balaban J connectivity index is 1.15. The van der Waals surface area contributed by atoms with E-state index in [9.17, 15) is 14.4 Å². The summed E-state index contributed by atoms with van der Waals surface area (Å²) in [6.07, 6.45) is 0.960. The number of ketones is 1. The third-order valence-electron chi connectivity index (χ3n) is 6.44. The summed E-state index contributed by atoms with van der Waals surface area (Å²) in [5.74, 6) is -0.553. The van der Waals surface area contributed by atoms with Crippen molar-refractivity contribution in [1.82, 2.24) is 10.2 Å². The maximum absolute atomic E-state index is 12.6. The average Bonchev–Trinajstić information content (AvgIpc) is 2.92. The lowest BCUT2D eigenvalue weighted by molar-refractivity contribution is 0.0593. The normalized spacial score (nSPS) is 14.2. The van der Waals surface area contributed by atoms with Crippen molar-refractivity contribution in [3.8, 4) is 11.1 Å². The van der Waals surface area contributed by atoms with Crippen LogP contribution in [-0.4, -0.2) is 61.5 Å². The molecule has 1 aliphatic heterocycles. The van der Waals surface area contributed by atoms with Gasteiger partial charge < -0.3 is 20.7 Å². The maximum atomic E-state index is 12.6. The summed E-state index contributed by atoms with van der Waals surface area (Å²) in [6.45, 7) is 3.34. The highest BCUT2D eigenvalue weighted by atomic mass is 16.6. The van der Waals surface area contributed by atoms with Crippen LogP contribution in [0.1, 0.15) is 33.6 Å². The van der Waals surface area contributed by atoms with Gasteiger partial charge in [0.2, 0.25) is 5.91 Å². The SMILES string of the molecule is NC(=O)c1ccc(C(=O)CNCCN2CCC(OC(=O)Nc3ccccc3-c3ccccc3)CC2)cc1. The topological polar surface area (TPSA) is 114 Å². The molecule has 0 unspecified atom stereocenters. The minimum absolute atomic E-state index is 0.0389. The molecule has 8 heteroatoms. The van der Waals surface area contributed by atoms with E-state index < -0.39 is 12.0 Å². The van der Waals surface area contributed by atoms with E-state index in [4.69, 9.17) is 10.5 Å². The number of hydrogen-bond acceptors (Lipinski definition) is 6. The minimum atomic E-state index is -0.514. The fourth-order valence-electron chi connectivity index (χ4n) is 4.36. The number of likely N-dealkylation sites (tertiary alicyclic amines) is 1. The number of carbonyl (C=O) groups excluding carboxylic acids is 3. The molecule has 192 valence electrons. The van der Waals surface area contributed by atoms with E-state index in [1.165, 1.54) is 0 Å². The number of hydrogen-bond donors (Lipinski definition) is 3. The maximum Gasteiger partial charge on any atom is 0.411 e. The van der Waals surface area contributed by atoms with E-state index in [-0.39, 0.29) is 18.4 Å². The smallest absolute Gasteiger partial charge is 0.411 e. The van der Waals surface area contributed by atoms with E-state index >= 15 is 0 Å². The van der Waals surface area contributed by atoms with Gasteiger partial charge in [-0.25, -0.2) is 4.79 Å². The zero-order valence-corrected chi connectivity index (χ0v) is 20.7. The van der Waals surface area contributed by atoms with Crippen LogP contribution in [0.3, 0.4) is 0 Å². The fraction of sp³-hybridized carbons (Fsp3) is 0.276. The lowest BCUT2D eigenvalue weighted by atomic mass is 10.0. The molecule has 0 spiro atoms. The van der Waals surface area contributed by atoms with Crippen molar-refractivity contribution < 1.29 is 19.1 Å². The predicted molar refractivity (Wildman–Crippen MR) is 144 cm³/mol. The van der Waals surface area contributed by atoms with Gasteiger partial charge in [-0.2, -0.15) is 0 Å². The van der Waals surface area contributed by atoms with Gasteiger partial charge in [0.25, 0.3) is 0 Å². The summed E-state index contributed by atoms with van der Waals surface area (Å²) in [5.41, 5.74) is 8.85. The number of nitrogens with one attached hydrogen (secondary N) is 2. The molecule has 8 nitrogen and oxygen atoms in total. The average molecular weight is 501 g/mol. The largest absolute Gasteiger partial charge is 0.446 e. The molecular weight excluding hydrogens is 468 g/mol. The summed E-state index contributed by atoms with van der Waals surface area (Å²) < 4.78 is 5.70. The number of ether oxygens (including phenoxy) is 1. The zero-order valence-electron chi connectivity index (χ0n) is 20.7. The van der Waals surface area contributed by atoms with E-state index in [2.05, 4.69) is 15.5 Å². The molecule has 37 heavy (non-hydrogen) atoms. The van der Waals surface area contributed by atoms with Crippen molar-refractivity contribution in [3.05, 3.63) is 90.0 Å². The Bertz CT molecular complexity index is 1210. The molecule has 4 rings (SSSR count). The van der Waals surface area contributed by atoms with Crippen molar-refractivity contribution >= 4 is 23.5 Å². The number of Topliss-reactive ketones (excluding diaryl/α,β-unsaturated/α-hetero) is 1. The van der Waals surface area contributed by atoms with Crippen molar-refractivity contribution in [1.29, 1.82) is 0 Å². The Labute approximate surface area is 216 Å². The zero-order chi connectivity index (χ0) is 26.0. The number of anilines is 1. The van der Waals surface area contributed by atoms with Crippen LogP contribution in [0.2, 0.25) is 0 Å². The van der Waals surface area contributed by atoms with Gasteiger partial charge in [0.05, 0.1) is 12.2 Å². The number of carbonyl (C=O) groups is 3. The number of rotatable bonds is 10. The Morgan fingerprint density at radius 1 is 0.865 bits per heavy atom. The number of para-hydroxylation sites is 1. The molecule has 3 aromatic carbocycles. The second-order valence-electron chi connectivity index (χ2n) is 9.02. The first-order chi connectivity index (χ1) is 18.0. The molecule has 2 amide bonds. The lowest BCUT2D eigenvalue weighted by Crippen LogP contribution is -2.42. The highest BCUT2D eigenvalue weighted by molar-refractivity contribution is 5.99. The molecule has 0 atom stereocenters. The number of piperidine rings is 1. The number of nitrogens with zero attached hydrogens (tertiary/aromatic N) is 1. The molecule has 4 N–H and O–H groups in total. The molecule has 0 bridgehead atoms. The number of primary amides is 1. The first-order valence-corrected chi connectivity index (χ1v) is 12.5. The van der Waals surface area contributed by atoms with E-state index in [1.807, 2.05) is 54.6 Å². The highest BCUT2D eigenvalue weighted by Crippen LogP contribution is 2.28. The van der Waals surface area contributed by atoms with Crippen LogP contribution in [-0.2, 0) is 4.74 Å². The molecule has 1 heterocycles. The van der Waals surface area contributed by atoms with E-state index in [0.717, 1.165) is 49.3 Å². The van der Waals surface area contributed by atoms with Crippen molar-refractivity contribution in [2.45, 2.75) is 18.9 Å². The molecule has 1 aliphatic rings. The van der Waals surface area contributed by atoms with Gasteiger partial charge in [-0.1, -0.05) is 60.7 Å². The van der Waals surface area contributed by atoms with E-state index in [1.54, 1.807) is 24.3 Å². The van der Waals surface area contributed by atoms with Crippen molar-refractivity contribution in [2.75, 3.05) is 38.0 Å². The Morgan fingerprint density at radius 3 is 2.22 bits per heavy atom. The summed E-state index contributed by atoms with van der Waals surface area (Å²) in [5, 5.41) is 6.08. The Hall–Kier alpha value is -4.01. The molecule has 1 fully saturated rings. The summed E-state index contributed by atoms with van der Waals surface area (Å²) >= 11 is 0. The quantitative estimate of drug-likeness (QED) is 0.287. The van der Waals surface area contributed by atoms with Gasteiger partial charge in [-0.05, 0) is 36.6 Å². The summed E-state index contributed by atoms with van der Waals surface area (Å²) in [6, 6.07) is 24.0. The third-order valence-corrected chi connectivity index (χ3v) is 6.44. The molecular formula is C29H32N4O4. The Morgan fingerprint density at radius 2 is 1.51 bits per heavy atom. The summed E-state index contributed by atoms with van der Waals surface area (Å²) in [7, 11) is 0. The molecule has 0 aliphatic carbocycles. The first kappa shape index (κ1) is 26.1. The Kier molecular flexibility index (Phi) is 9.02. The highest BCUT2D eigenvalue weighted by Gasteiger charge is 2.22. The number of nitrogens with two attached hydrogens (primary N) is 1.